The van der Waals surface area contributed by atoms with Crippen molar-refractivity contribution in [3.63, 3.8) is 0 Å². The number of carbonyl (C=O) groups is 1. The molecule has 0 aliphatic rings. The molecule has 6 nitrogen and oxygen atoms in total. The monoisotopic (exact) mass is 412 g/mol. The van der Waals surface area contributed by atoms with Crippen molar-refractivity contribution in [1.29, 1.82) is 0 Å². The number of carbonyl (C=O) groups excluding carboxylic acids is 1. The van der Waals surface area contributed by atoms with Crippen LogP contribution in [-0.2, 0) is 9.84 Å². The summed E-state index contributed by atoms with van der Waals surface area (Å²) in [6.07, 6.45) is 1.52. The summed E-state index contributed by atoms with van der Waals surface area (Å²) < 4.78 is 29.5. The van der Waals surface area contributed by atoms with Gasteiger partial charge in [-0.05, 0) is 36.4 Å². The number of sulfone groups is 1. The molecule has 0 atom stereocenters. The topological polar surface area (TPSA) is 85.4 Å². The highest BCUT2D eigenvalue weighted by molar-refractivity contribution is 9.10. The van der Waals surface area contributed by atoms with Gasteiger partial charge >= 0.3 is 0 Å². The fraction of sp³-hybridized carbons (Fsp3) is 0.250. The Morgan fingerprint density at radius 1 is 1.25 bits per heavy atom. The molecule has 0 unspecified atom stereocenters. The third kappa shape index (κ3) is 5.31. The summed E-state index contributed by atoms with van der Waals surface area (Å²) in [5.41, 5.74) is 0.245. The Hall–Kier alpha value is -1.93. The number of ether oxygens (including phenoxy) is 1. The van der Waals surface area contributed by atoms with Gasteiger partial charge in [0.15, 0.2) is 9.84 Å². The van der Waals surface area contributed by atoms with Gasteiger partial charge < -0.3 is 10.1 Å². The highest BCUT2D eigenvalue weighted by Gasteiger charge is 2.15. The summed E-state index contributed by atoms with van der Waals surface area (Å²) in [7, 11) is -3.13. The van der Waals surface area contributed by atoms with E-state index in [-0.39, 0.29) is 29.5 Å². The van der Waals surface area contributed by atoms with Crippen LogP contribution >= 0.6 is 15.9 Å². The van der Waals surface area contributed by atoms with Gasteiger partial charge in [0.25, 0.3) is 5.91 Å². The smallest absolute Gasteiger partial charge is 0.256 e. The average Bonchev–Trinajstić information content (AvgIpc) is 2.57. The van der Waals surface area contributed by atoms with Crippen LogP contribution in [0.25, 0.3) is 0 Å². The minimum absolute atomic E-state index is 0.0433. The molecule has 1 N–H and O–H groups in total. The van der Waals surface area contributed by atoms with E-state index in [0.29, 0.717) is 5.75 Å². The van der Waals surface area contributed by atoms with Gasteiger partial charge in [-0.2, -0.15) is 0 Å². The van der Waals surface area contributed by atoms with Crippen molar-refractivity contribution < 1.29 is 17.9 Å². The molecular formula is C16H17BrN2O4S. The molecule has 8 heteroatoms. The predicted octanol–water partition coefficient (Wildman–Crippen LogP) is 2.80. The van der Waals surface area contributed by atoms with E-state index < -0.39 is 15.7 Å². The van der Waals surface area contributed by atoms with E-state index in [9.17, 15) is 13.2 Å². The van der Waals surface area contributed by atoms with E-state index in [4.69, 9.17) is 4.74 Å². The summed E-state index contributed by atoms with van der Waals surface area (Å²) in [6, 6.07) is 10.3. The van der Waals surface area contributed by atoms with Crippen LogP contribution in [0.3, 0.4) is 0 Å². The molecule has 128 valence electrons. The molecule has 0 radical (unpaired) electrons. The second kappa shape index (κ2) is 8.25. The van der Waals surface area contributed by atoms with Crippen LogP contribution < -0.4 is 10.1 Å². The molecule has 0 spiro atoms. The largest absolute Gasteiger partial charge is 0.438 e. The number of benzene rings is 1. The van der Waals surface area contributed by atoms with Crippen molar-refractivity contribution in [2.24, 2.45) is 0 Å². The summed E-state index contributed by atoms with van der Waals surface area (Å²) in [6.45, 7) is 1.62. The maximum Gasteiger partial charge on any atom is 0.256 e. The standard InChI is InChI=1S/C16H17BrN2O4S/c1-2-24(21,22)11-10-18-15(20)14-4-3-9-19-16(14)23-13-7-5-12(17)6-8-13/h3-9H,2,10-11H2,1H3,(H,18,20). The number of nitrogens with one attached hydrogen (secondary N) is 1. The number of hydrogen-bond acceptors (Lipinski definition) is 5. The molecule has 0 aliphatic heterocycles. The Morgan fingerprint density at radius 3 is 2.62 bits per heavy atom. The van der Waals surface area contributed by atoms with Crippen molar-refractivity contribution in [3.05, 3.63) is 52.6 Å². The predicted molar refractivity (Wildman–Crippen MR) is 95.1 cm³/mol. The molecule has 1 aromatic heterocycles. The van der Waals surface area contributed by atoms with Crippen LogP contribution in [0.1, 0.15) is 17.3 Å². The third-order valence-electron chi connectivity index (χ3n) is 3.18. The Balaban J connectivity index is 2.07. The van der Waals surface area contributed by atoms with Crippen LogP contribution in [0.15, 0.2) is 47.1 Å². The van der Waals surface area contributed by atoms with Crippen LogP contribution in [0.2, 0.25) is 0 Å². The molecule has 0 aliphatic carbocycles. The molecule has 24 heavy (non-hydrogen) atoms. The fourth-order valence-corrected chi connectivity index (χ4v) is 2.78. The van der Waals surface area contributed by atoms with Gasteiger partial charge in [0.1, 0.15) is 11.3 Å². The van der Waals surface area contributed by atoms with Crippen molar-refractivity contribution >= 4 is 31.7 Å². The SMILES string of the molecule is CCS(=O)(=O)CCNC(=O)c1cccnc1Oc1ccc(Br)cc1. The molecule has 0 bridgehead atoms. The molecule has 0 saturated heterocycles. The quantitative estimate of drug-likeness (QED) is 0.755. The van der Waals surface area contributed by atoms with Gasteiger partial charge in [-0.3, -0.25) is 4.79 Å². The van der Waals surface area contributed by atoms with E-state index in [1.165, 1.54) is 6.20 Å². The first-order valence-corrected chi connectivity index (χ1v) is 9.90. The van der Waals surface area contributed by atoms with Gasteiger partial charge in [-0.15, -0.1) is 0 Å². The number of nitrogens with zero attached hydrogens (tertiary/aromatic N) is 1. The van der Waals surface area contributed by atoms with E-state index in [1.54, 1.807) is 31.2 Å². The zero-order chi connectivity index (χ0) is 17.6. The van der Waals surface area contributed by atoms with E-state index in [2.05, 4.69) is 26.2 Å². The zero-order valence-corrected chi connectivity index (χ0v) is 15.4. The van der Waals surface area contributed by atoms with E-state index >= 15 is 0 Å². The maximum atomic E-state index is 12.3. The first kappa shape index (κ1) is 18.4. The van der Waals surface area contributed by atoms with Gasteiger partial charge in [-0.25, -0.2) is 13.4 Å². The van der Waals surface area contributed by atoms with Gasteiger partial charge in [0, 0.05) is 23.0 Å². The first-order valence-electron chi connectivity index (χ1n) is 7.28. The lowest BCUT2D eigenvalue weighted by Crippen LogP contribution is -2.30. The lowest BCUT2D eigenvalue weighted by atomic mass is 10.2. The van der Waals surface area contributed by atoms with Gasteiger partial charge in [-0.1, -0.05) is 22.9 Å². The van der Waals surface area contributed by atoms with Crippen molar-refractivity contribution in [2.75, 3.05) is 18.1 Å². The Kier molecular flexibility index (Phi) is 6.33. The first-order chi connectivity index (χ1) is 11.4. The summed E-state index contributed by atoms with van der Waals surface area (Å²) >= 11 is 3.33. The van der Waals surface area contributed by atoms with Gasteiger partial charge in [0.05, 0.1) is 5.75 Å². The number of amides is 1. The lowest BCUT2D eigenvalue weighted by molar-refractivity contribution is 0.0953. The van der Waals surface area contributed by atoms with Crippen LogP contribution in [0.4, 0.5) is 0 Å². The molecule has 1 heterocycles. The molecule has 1 aromatic carbocycles. The Morgan fingerprint density at radius 2 is 1.96 bits per heavy atom. The molecule has 0 fully saturated rings. The molecule has 2 rings (SSSR count). The summed E-state index contributed by atoms with van der Waals surface area (Å²) in [4.78, 5) is 16.3. The zero-order valence-electron chi connectivity index (χ0n) is 13.0. The van der Waals surface area contributed by atoms with Crippen molar-refractivity contribution in [3.8, 4) is 11.6 Å². The van der Waals surface area contributed by atoms with E-state index in [1.807, 2.05) is 12.1 Å². The van der Waals surface area contributed by atoms with E-state index in [0.717, 1.165) is 4.47 Å². The minimum atomic E-state index is -3.13. The highest BCUT2D eigenvalue weighted by Crippen LogP contribution is 2.24. The second-order valence-corrected chi connectivity index (χ2v) is 8.29. The van der Waals surface area contributed by atoms with Crippen LogP contribution in [0, 0.1) is 0 Å². The Labute approximate surface area is 149 Å². The molecule has 0 saturated carbocycles. The Bertz CT molecular complexity index is 807. The number of rotatable bonds is 7. The number of pyridine rings is 1. The van der Waals surface area contributed by atoms with Crippen molar-refractivity contribution in [2.45, 2.75) is 6.92 Å². The second-order valence-electron chi connectivity index (χ2n) is 4.90. The third-order valence-corrected chi connectivity index (χ3v) is 5.42. The molecule has 1 amide bonds. The molecule has 2 aromatic rings. The normalized spacial score (nSPS) is 11.1. The minimum Gasteiger partial charge on any atom is -0.438 e. The van der Waals surface area contributed by atoms with Gasteiger partial charge in [0.2, 0.25) is 5.88 Å². The summed E-state index contributed by atoms with van der Waals surface area (Å²) in [5, 5.41) is 2.58. The fourth-order valence-electron chi connectivity index (χ4n) is 1.82. The van der Waals surface area contributed by atoms with Crippen molar-refractivity contribution in [1.82, 2.24) is 10.3 Å². The molecular weight excluding hydrogens is 396 g/mol. The number of halogens is 1. The van der Waals surface area contributed by atoms with Crippen LogP contribution in [0.5, 0.6) is 11.6 Å². The van der Waals surface area contributed by atoms with Crippen LogP contribution in [-0.4, -0.2) is 37.4 Å². The summed E-state index contributed by atoms with van der Waals surface area (Å²) in [5.74, 6) is 0.225. The maximum absolute atomic E-state index is 12.3. The highest BCUT2D eigenvalue weighted by atomic mass is 79.9. The number of hydrogen-bond donors (Lipinski definition) is 1. The average molecular weight is 413 g/mol. The number of aromatic nitrogens is 1. The lowest BCUT2D eigenvalue weighted by Gasteiger charge is -2.10.